The molecule has 0 radical (unpaired) electrons. The first kappa shape index (κ1) is 24.3. The van der Waals surface area contributed by atoms with E-state index in [9.17, 15) is 4.79 Å². The number of methoxy groups -OCH3 is 1. The first-order valence-electron chi connectivity index (χ1n) is 10.8. The third-order valence-electron chi connectivity index (χ3n) is 5.55. The van der Waals surface area contributed by atoms with Crippen LogP contribution in [0.25, 0.3) is 0 Å². The van der Waals surface area contributed by atoms with Crippen LogP contribution in [0.5, 0.6) is 5.75 Å². The number of carbonyl (C=O) groups excluding carboxylic acids is 1. The minimum Gasteiger partial charge on any atom is -0.497 e. The molecule has 0 atom stereocenters. The van der Waals surface area contributed by atoms with Crippen LogP contribution in [0.2, 0.25) is 0 Å². The predicted octanol–water partition coefficient (Wildman–Crippen LogP) is 6.67. The highest BCUT2D eigenvalue weighted by Crippen LogP contribution is 2.40. The monoisotopic (exact) mass is 420 g/mol. The quantitative estimate of drug-likeness (QED) is 0.280. The molecule has 0 fully saturated rings. The number of amides is 1. The van der Waals surface area contributed by atoms with Crippen LogP contribution in [-0.4, -0.2) is 13.0 Å². The fourth-order valence-corrected chi connectivity index (χ4v) is 3.73. The molecule has 1 aromatic rings. The van der Waals surface area contributed by atoms with Gasteiger partial charge in [-0.1, -0.05) is 55.4 Å². The van der Waals surface area contributed by atoms with Crippen LogP contribution in [0.15, 0.2) is 83.0 Å². The zero-order chi connectivity index (χ0) is 22.9. The lowest BCUT2D eigenvalue weighted by atomic mass is 9.72. The lowest BCUT2D eigenvalue weighted by Gasteiger charge is -2.32. The van der Waals surface area contributed by atoms with Crippen molar-refractivity contribution in [3.63, 3.8) is 0 Å². The molecule has 0 saturated carbocycles. The van der Waals surface area contributed by atoms with E-state index in [0.717, 1.165) is 17.0 Å². The van der Waals surface area contributed by atoms with Gasteiger partial charge in [-0.25, -0.2) is 0 Å². The molecule has 0 heterocycles. The van der Waals surface area contributed by atoms with Gasteiger partial charge < -0.3 is 4.74 Å². The molecule has 1 aliphatic rings. The van der Waals surface area contributed by atoms with Crippen LogP contribution in [0.1, 0.15) is 53.9 Å². The summed E-state index contributed by atoms with van der Waals surface area (Å²) in [7, 11) is 1.62. The molecular weight excluding hydrogens is 384 g/mol. The van der Waals surface area contributed by atoms with Crippen molar-refractivity contribution in [3.05, 3.63) is 83.0 Å². The van der Waals surface area contributed by atoms with E-state index < -0.39 is 0 Å². The van der Waals surface area contributed by atoms with E-state index in [1.807, 2.05) is 43.3 Å². The lowest BCUT2D eigenvalue weighted by molar-refractivity contribution is -0.116. The van der Waals surface area contributed by atoms with Crippen molar-refractivity contribution in [1.82, 2.24) is 5.43 Å². The zero-order valence-electron chi connectivity index (χ0n) is 19.7. The molecular formula is C27H36N2O2. The van der Waals surface area contributed by atoms with Crippen LogP contribution in [-0.2, 0) is 4.79 Å². The largest absolute Gasteiger partial charge is 0.497 e. The topological polar surface area (TPSA) is 50.4 Å². The fraction of sp³-hybridized carbons (Fsp3) is 0.370. The van der Waals surface area contributed by atoms with Crippen molar-refractivity contribution in [3.8, 4) is 5.75 Å². The Balaban J connectivity index is 1.88. The minimum atomic E-state index is -0.208. The lowest BCUT2D eigenvalue weighted by Crippen LogP contribution is -2.27. The molecule has 166 valence electrons. The van der Waals surface area contributed by atoms with Crippen molar-refractivity contribution in [1.29, 1.82) is 0 Å². The Morgan fingerprint density at radius 3 is 2.45 bits per heavy atom. The van der Waals surface area contributed by atoms with Gasteiger partial charge >= 0.3 is 0 Å². The Morgan fingerprint density at radius 1 is 1.10 bits per heavy atom. The molecule has 1 amide bonds. The van der Waals surface area contributed by atoms with Crippen molar-refractivity contribution in [2.24, 2.45) is 5.41 Å². The van der Waals surface area contributed by atoms with Crippen LogP contribution in [0.4, 0.5) is 5.69 Å². The molecule has 2 N–H and O–H groups in total. The maximum atomic E-state index is 12.1. The molecule has 0 saturated heterocycles. The maximum absolute atomic E-state index is 12.1. The Kier molecular flexibility index (Phi) is 8.92. The molecule has 0 spiro atoms. The number of anilines is 1. The highest BCUT2D eigenvalue weighted by atomic mass is 16.5. The summed E-state index contributed by atoms with van der Waals surface area (Å²) in [5, 5.41) is 0. The normalized spacial score (nSPS) is 17.4. The molecule has 31 heavy (non-hydrogen) atoms. The Labute approximate surface area is 187 Å². The van der Waals surface area contributed by atoms with Crippen molar-refractivity contribution < 1.29 is 9.53 Å². The molecule has 0 unspecified atom stereocenters. The number of carbonyl (C=O) groups is 1. The van der Waals surface area contributed by atoms with Crippen molar-refractivity contribution in [2.45, 2.75) is 53.9 Å². The van der Waals surface area contributed by atoms with Gasteiger partial charge in [-0.05, 0) is 80.9 Å². The van der Waals surface area contributed by atoms with E-state index in [1.54, 1.807) is 13.2 Å². The van der Waals surface area contributed by atoms with Gasteiger partial charge in [0.15, 0.2) is 0 Å². The number of nitrogens with one attached hydrogen (secondary N) is 2. The van der Waals surface area contributed by atoms with E-state index in [1.165, 1.54) is 36.0 Å². The van der Waals surface area contributed by atoms with Gasteiger partial charge in [-0.3, -0.25) is 15.6 Å². The summed E-state index contributed by atoms with van der Waals surface area (Å²) in [6.07, 6.45) is 15.7. The van der Waals surface area contributed by atoms with Gasteiger partial charge in [-0.2, -0.15) is 0 Å². The third-order valence-corrected chi connectivity index (χ3v) is 5.55. The second-order valence-electron chi connectivity index (χ2n) is 8.77. The van der Waals surface area contributed by atoms with E-state index in [-0.39, 0.29) is 11.3 Å². The number of hydrazine groups is 1. The summed E-state index contributed by atoms with van der Waals surface area (Å²) in [5.74, 6) is 0.561. The number of rotatable bonds is 8. The summed E-state index contributed by atoms with van der Waals surface area (Å²) in [4.78, 5) is 12.1. The second kappa shape index (κ2) is 11.4. The molecule has 4 nitrogen and oxygen atoms in total. The average molecular weight is 421 g/mol. The number of hydrogen-bond acceptors (Lipinski definition) is 3. The first-order valence-corrected chi connectivity index (χ1v) is 10.8. The number of allylic oxidation sites excluding steroid dienone is 9. The molecule has 0 aromatic heterocycles. The number of benzene rings is 1. The number of hydrogen-bond donors (Lipinski definition) is 2. The van der Waals surface area contributed by atoms with Crippen LogP contribution in [0, 0.1) is 5.41 Å². The summed E-state index contributed by atoms with van der Waals surface area (Å²) < 4.78 is 5.12. The molecule has 0 bridgehead atoms. The van der Waals surface area contributed by atoms with Crippen molar-refractivity contribution >= 4 is 11.6 Å². The van der Waals surface area contributed by atoms with Gasteiger partial charge in [0.1, 0.15) is 5.75 Å². The van der Waals surface area contributed by atoms with E-state index >= 15 is 0 Å². The van der Waals surface area contributed by atoms with Crippen molar-refractivity contribution in [2.75, 3.05) is 12.5 Å². The predicted molar refractivity (Wildman–Crippen MR) is 131 cm³/mol. The Bertz CT molecular complexity index is 913. The highest BCUT2D eigenvalue weighted by Gasteiger charge is 2.26. The third kappa shape index (κ3) is 7.97. The molecule has 4 heteroatoms. The standard InChI is InChI=1S/C27H36N2O2/c1-20(12-17-25-22(3)11-8-18-27(25,4)5)9-7-10-21(2)19-26(30)29-28-23-13-15-24(31-6)16-14-23/h7,9-10,12-17,19,28H,8,11,18H2,1-6H3,(H,29,30)/b10-7+,17-12+,20-9+,21-19+. The number of ether oxygens (including phenoxy) is 1. The fourth-order valence-electron chi connectivity index (χ4n) is 3.73. The molecule has 0 aliphatic heterocycles. The van der Waals surface area contributed by atoms with Gasteiger partial charge in [-0.15, -0.1) is 0 Å². The van der Waals surface area contributed by atoms with Crippen LogP contribution < -0.4 is 15.6 Å². The van der Waals surface area contributed by atoms with Crippen LogP contribution >= 0.6 is 0 Å². The summed E-state index contributed by atoms with van der Waals surface area (Å²) >= 11 is 0. The van der Waals surface area contributed by atoms with Gasteiger partial charge in [0.05, 0.1) is 12.8 Å². The zero-order valence-corrected chi connectivity index (χ0v) is 19.7. The van der Waals surface area contributed by atoms with E-state index in [4.69, 9.17) is 4.74 Å². The summed E-state index contributed by atoms with van der Waals surface area (Å²) in [6.45, 7) is 10.9. The molecule has 2 rings (SSSR count). The molecule has 1 aliphatic carbocycles. The van der Waals surface area contributed by atoms with E-state index in [0.29, 0.717) is 0 Å². The van der Waals surface area contributed by atoms with E-state index in [2.05, 4.69) is 56.8 Å². The van der Waals surface area contributed by atoms with Crippen LogP contribution in [0.3, 0.4) is 0 Å². The average Bonchev–Trinajstić information content (AvgIpc) is 2.71. The Hall–Kier alpha value is -3.01. The van der Waals surface area contributed by atoms with Gasteiger partial charge in [0.25, 0.3) is 5.91 Å². The molecule has 1 aromatic carbocycles. The SMILES string of the molecule is COc1ccc(NNC(=O)/C=C(C)/C=C/C=C(C)/C=C/C2=C(C)CCCC2(C)C)cc1. The minimum absolute atomic E-state index is 0.208. The maximum Gasteiger partial charge on any atom is 0.262 e. The first-order chi connectivity index (χ1) is 14.7. The second-order valence-corrected chi connectivity index (χ2v) is 8.77. The van der Waals surface area contributed by atoms with Gasteiger partial charge in [0, 0.05) is 6.08 Å². The van der Waals surface area contributed by atoms with Gasteiger partial charge in [0.2, 0.25) is 0 Å². The Morgan fingerprint density at radius 2 is 1.81 bits per heavy atom. The summed E-state index contributed by atoms with van der Waals surface area (Å²) in [5.41, 5.74) is 11.6. The smallest absolute Gasteiger partial charge is 0.262 e. The summed E-state index contributed by atoms with van der Waals surface area (Å²) in [6, 6.07) is 7.33. The highest BCUT2D eigenvalue weighted by molar-refractivity contribution is 5.89.